The number of aromatic hydroxyl groups is 1. The van der Waals surface area contributed by atoms with E-state index in [9.17, 15) is 5.11 Å². The van der Waals surface area contributed by atoms with Crippen LogP contribution in [0.25, 0.3) is 0 Å². The molecule has 0 bridgehead atoms. The van der Waals surface area contributed by atoms with Gasteiger partial charge in [-0.15, -0.1) is 0 Å². The zero-order valence-corrected chi connectivity index (χ0v) is 8.80. The first kappa shape index (κ1) is 9.53. The van der Waals surface area contributed by atoms with E-state index in [1.807, 2.05) is 19.9 Å². The molecule has 0 heterocycles. The molecule has 2 rings (SSSR count). The molecule has 0 spiro atoms. The first-order valence-electron chi connectivity index (χ1n) is 5.12. The maximum absolute atomic E-state index is 9.71. The molecule has 1 aliphatic rings. The molecule has 1 aliphatic carbocycles. The minimum atomic E-state index is -0.171. The number of benzene rings is 1. The highest BCUT2D eigenvalue weighted by atomic mass is 16.3. The summed E-state index contributed by atoms with van der Waals surface area (Å²) in [6.07, 6.45) is 3.27. The van der Waals surface area contributed by atoms with E-state index in [1.165, 1.54) is 6.42 Å². The van der Waals surface area contributed by atoms with Crippen LogP contribution in [-0.2, 0) is 5.54 Å². The van der Waals surface area contributed by atoms with E-state index < -0.39 is 0 Å². The van der Waals surface area contributed by atoms with Gasteiger partial charge in [0.1, 0.15) is 5.75 Å². The van der Waals surface area contributed by atoms with E-state index in [2.05, 4.69) is 6.07 Å². The maximum atomic E-state index is 9.71. The predicted octanol–water partition coefficient (Wildman–Crippen LogP) is 2.35. The second-order valence-electron chi connectivity index (χ2n) is 4.45. The zero-order valence-electron chi connectivity index (χ0n) is 8.80. The molecule has 14 heavy (non-hydrogen) atoms. The minimum absolute atomic E-state index is 0.171. The minimum Gasteiger partial charge on any atom is -0.508 e. The van der Waals surface area contributed by atoms with Crippen LogP contribution >= 0.6 is 0 Å². The van der Waals surface area contributed by atoms with Crippen LogP contribution in [0.15, 0.2) is 12.1 Å². The summed E-state index contributed by atoms with van der Waals surface area (Å²) in [7, 11) is 0. The van der Waals surface area contributed by atoms with Crippen LogP contribution in [0.4, 0.5) is 0 Å². The molecular formula is C12H17NO. The van der Waals surface area contributed by atoms with Gasteiger partial charge in [0.05, 0.1) is 0 Å². The summed E-state index contributed by atoms with van der Waals surface area (Å²) in [6, 6.07) is 3.93. The normalized spacial score (nSPS) is 19.1. The first-order chi connectivity index (χ1) is 6.53. The Labute approximate surface area is 84.7 Å². The first-order valence-corrected chi connectivity index (χ1v) is 5.12. The number of phenolic OH excluding ortho intramolecular Hbond substituents is 1. The molecule has 0 atom stereocenters. The molecule has 1 aromatic carbocycles. The van der Waals surface area contributed by atoms with Gasteiger partial charge in [-0.25, -0.2) is 0 Å². The summed E-state index contributed by atoms with van der Waals surface area (Å²) in [5, 5.41) is 9.71. The second-order valence-corrected chi connectivity index (χ2v) is 4.45. The SMILES string of the molecule is Cc1cc(C2(N)CCC2)cc(O)c1C. The molecule has 3 N–H and O–H groups in total. The third-order valence-corrected chi connectivity index (χ3v) is 3.46. The van der Waals surface area contributed by atoms with Crippen molar-refractivity contribution in [3.8, 4) is 5.75 Å². The Morgan fingerprint density at radius 3 is 2.36 bits per heavy atom. The van der Waals surface area contributed by atoms with Gasteiger partial charge in [0, 0.05) is 5.54 Å². The largest absolute Gasteiger partial charge is 0.508 e. The number of hydrogen-bond donors (Lipinski definition) is 2. The topological polar surface area (TPSA) is 46.2 Å². The average molecular weight is 191 g/mol. The molecule has 1 saturated carbocycles. The fourth-order valence-electron chi connectivity index (χ4n) is 1.97. The summed E-state index contributed by atoms with van der Waals surface area (Å²) in [5.74, 6) is 0.372. The molecule has 0 aromatic heterocycles. The zero-order chi connectivity index (χ0) is 10.3. The highest BCUT2D eigenvalue weighted by molar-refractivity contribution is 5.44. The number of hydrogen-bond acceptors (Lipinski definition) is 2. The van der Waals surface area contributed by atoms with Crippen molar-refractivity contribution in [2.24, 2.45) is 5.73 Å². The highest BCUT2D eigenvalue weighted by Gasteiger charge is 2.34. The second kappa shape index (κ2) is 2.99. The Bertz CT molecular complexity index is 344. The molecule has 0 unspecified atom stereocenters. The van der Waals surface area contributed by atoms with Crippen LogP contribution in [0.5, 0.6) is 5.75 Å². The van der Waals surface area contributed by atoms with Crippen molar-refractivity contribution in [3.05, 3.63) is 28.8 Å². The summed E-state index contributed by atoms with van der Waals surface area (Å²) < 4.78 is 0. The predicted molar refractivity (Wildman–Crippen MR) is 57.3 cm³/mol. The van der Waals surface area contributed by atoms with Crippen LogP contribution in [-0.4, -0.2) is 5.11 Å². The average Bonchev–Trinajstić information content (AvgIpc) is 2.09. The summed E-state index contributed by atoms with van der Waals surface area (Å²) in [4.78, 5) is 0. The van der Waals surface area contributed by atoms with Crippen molar-refractivity contribution in [1.29, 1.82) is 0 Å². The molecule has 2 heteroatoms. The van der Waals surface area contributed by atoms with Crippen molar-refractivity contribution in [3.63, 3.8) is 0 Å². The summed E-state index contributed by atoms with van der Waals surface area (Å²) in [5.41, 5.74) is 9.19. The van der Waals surface area contributed by atoms with E-state index in [4.69, 9.17) is 5.73 Å². The summed E-state index contributed by atoms with van der Waals surface area (Å²) >= 11 is 0. The lowest BCUT2D eigenvalue weighted by molar-refractivity contribution is 0.252. The van der Waals surface area contributed by atoms with E-state index >= 15 is 0 Å². The van der Waals surface area contributed by atoms with Crippen molar-refractivity contribution >= 4 is 0 Å². The van der Waals surface area contributed by atoms with Gasteiger partial charge in [-0.1, -0.05) is 6.07 Å². The number of rotatable bonds is 1. The smallest absolute Gasteiger partial charge is 0.119 e. The van der Waals surface area contributed by atoms with Gasteiger partial charge in [0.15, 0.2) is 0 Å². The highest BCUT2D eigenvalue weighted by Crippen LogP contribution is 2.40. The van der Waals surface area contributed by atoms with Gasteiger partial charge in [0.25, 0.3) is 0 Å². The molecular weight excluding hydrogens is 174 g/mol. The van der Waals surface area contributed by atoms with Gasteiger partial charge < -0.3 is 10.8 Å². The Kier molecular flexibility index (Phi) is 2.04. The molecule has 1 aromatic rings. The Morgan fingerprint density at radius 1 is 1.29 bits per heavy atom. The van der Waals surface area contributed by atoms with Crippen molar-refractivity contribution < 1.29 is 5.11 Å². The Balaban J connectivity index is 2.45. The van der Waals surface area contributed by atoms with E-state index in [0.717, 1.165) is 29.5 Å². The lowest BCUT2D eigenvalue weighted by Gasteiger charge is -2.39. The van der Waals surface area contributed by atoms with Gasteiger partial charge >= 0.3 is 0 Å². The van der Waals surface area contributed by atoms with Gasteiger partial charge in [-0.2, -0.15) is 0 Å². The van der Waals surface area contributed by atoms with E-state index in [1.54, 1.807) is 0 Å². The van der Waals surface area contributed by atoms with Crippen molar-refractivity contribution in [2.75, 3.05) is 0 Å². The third-order valence-electron chi connectivity index (χ3n) is 3.46. The van der Waals surface area contributed by atoms with Crippen molar-refractivity contribution in [2.45, 2.75) is 38.6 Å². The number of aryl methyl sites for hydroxylation is 1. The van der Waals surface area contributed by atoms with Gasteiger partial charge in [0.2, 0.25) is 0 Å². The van der Waals surface area contributed by atoms with Crippen LogP contribution < -0.4 is 5.73 Å². The molecule has 0 radical (unpaired) electrons. The van der Waals surface area contributed by atoms with E-state index in [-0.39, 0.29) is 5.54 Å². The van der Waals surface area contributed by atoms with Crippen LogP contribution in [0.1, 0.15) is 36.0 Å². The summed E-state index contributed by atoms with van der Waals surface area (Å²) in [6.45, 7) is 3.94. The maximum Gasteiger partial charge on any atom is 0.119 e. The Hall–Kier alpha value is -1.02. The Morgan fingerprint density at radius 2 is 1.93 bits per heavy atom. The third kappa shape index (κ3) is 1.30. The fourth-order valence-corrected chi connectivity index (χ4v) is 1.97. The van der Waals surface area contributed by atoms with Crippen LogP contribution in [0, 0.1) is 13.8 Å². The van der Waals surface area contributed by atoms with Crippen LogP contribution in [0.2, 0.25) is 0 Å². The monoisotopic (exact) mass is 191 g/mol. The molecule has 2 nitrogen and oxygen atoms in total. The fraction of sp³-hybridized carbons (Fsp3) is 0.500. The molecule has 76 valence electrons. The van der Waals surface area contributed by atoms with E-state index in [0.29, 0.717) is 5.75 Å². The quantitative estimate of drug-likeness (QED) is 0.715. The molecule has 0 saturated heterocycles. The number of nitrogens with two attached hydrogens (primary N) is 1. The van der Waals surface area contributed by atoms with Gasteiger partial charge in [-0.3, -0.25) is 0 Å². The van der Waals surface area contributed by atoms with Gasteiger partial charge in [-0.05, 0) is 55.9 Å². The molecule has 0 amide bonds. The molecule has 1 fully saturated rings. The van der Waals surface area contributed by atoms with Crippen LogP contribution in [0.3, 0.4) is 0 Å². The number of phenols is 1. The molecule has 0 aliphatic heterocycles. The lowest BCUT2D eigenvalue weighted by Crippen LogP contribution is -2.43. The standard InChI is InChI=1S/C12H17NO/c1-8-6-10(7-11(14)9(8)2)12(13)4-3-5-12/h6-7,14H,3-5,13H2,1-2H3. The van der Waals surface area contributed by atoms with Crippen molar-refractivity contribution in [1.82, 2.24) is 0 Å². The lowest BCUT2D eigenvalue weighted by atomic mass is 9.72.